The summed E-state index contributed by atoms with van der Waals surface area (Å²) in [5, 5.41) is 3.61. The minimum absolute atomic E-state index is 0.0588. The highest BCUT2D eigenvalue weighted by Gasteiger charge is 2.36. The number of rotatable bonds is 4. The number of fused-ring (bicyclic) bond motifs is 8. The Balaban J connectivity index is 1.24. The summed E-state index contributed by atoms with van der Waals surface area (Å²) in [5.41, 5.74) is 8.27. The summed E-state index contributed by atoms with van der Waals surface area (Å²) in [4.78, 5) is 18.3. The fraction of sp³-hybridized carbons (Fsp3) is 0.0488. The van der Waals surface area contributed by atoms with Crippen molar-refractivity contribution in [2.45, 2.75) is 12.2 Å². The third-order valence-electron chi connectivity index (χ3n) is 9.29. The van der Waals surface area contributed by atoms with Crippen molar-refractivity contribution in [1.82, 2.24) is 14.5 Å². The topological polar surface area (TPSA) is 46.3 Å². The molecule has 0 amide bonds. The zero-order valence-electron chi connectivity index (χ0n) is 25.2. The number of thiophene rings is 1. The van der Waals surface area contributed by atoms with Crippen LogP contribution in [0.4, 0.5) is 5.69 Å². The summed E-state index contributed by atoms with van der Waals surface area (Å²) in [6, 6.07) is 44.8. The van der Waals surface area contributed by atoms with Crippen molar-refractivity contribution in [3.63, 3.8) is 0 Å². The van der Waals surface area contributed by atoms with Crippen LogP contribution in [0, 0.1) is 0 Å². The molecule has 0 saturated heterocycles. The summed E-state index contributed by atoms with van der Waals surface area (Å²) in [6.45, 7) is 0. The number of nitrogens with zero attached hydrogens (tertiary/aromatic N) is 5. The van der Waals surface area contributed by atoms with E-state index in [1.54, 1.807) is 0 Å². The molecule has 0 spiro atoms. The zero-order valence-corrected chi connectivity index (χ0v) is 26.0. The Morgan fingerprint density at radius 3 is 2.36 bits per heavy atom. The predicted octanol–water partition coefficient (Wildman–Crippen LogP) is 10.1. The second kappa shape index (κ2) is 10.3. The van der Waals surface area contributed by atoms with Crippen molar-refractivity contribution in [1.29, 1.82) is 0 Å². The maximum absolute atomic E-state index is 5.42. The van der Waals surface area contributed by atoms with E-state index in [1.165, 1.54) is 20.2 Å². The number of para-hydroxylation sites is 1. The molecule has 5 heterocycles. The average Bonchev–Trinajstić information content (AvgIpc) is 3.82. The first-order valence-corrected chi connectivity index (χ1v) is 16.7. The van der Waals surface area contributed by atoms with Gasteiger partial charge in [-0.25, -0.2) is 9.97 Å². The Bertz CT molecular complexity index is 2590. The number of allylic oxidation sites excluding steroid dienone is 2. The Morgan fingerprint density at radius 1 is 0.638 bits per heavy atom. The molecule has 4 aromatic heterocycles. The SMILES string of the molecule is C1=CC2=NC(c3cccc(-n4c5ccc(-c6ccccc6)nc5c5ccc6sc7ccccc7c6c54)n3)N(c3ccccc3)C2C=C1. The monoisotopic (exact) mass is 621 g/mol. The quantitative estimate of drug-likeness (QED) is 0.196. The largest absolute Gasteiger partial charge is 0.332 e. The number of benzene rings is 4. The number of aromatic nitrogens is 3. The lowest BCUT2D eigenvalue weighted by molar-refractivity contribution is 0.673. The van der Waals surface area contributed by atoms with Crippen LogP contribution in [0.3, 0.4) is 0 Å². The highest BCUT2D eigenvalue weighted by atomic mass is 32.1. The molecular formula is C41H27N5S. The number of pyridine rings is 2. The average molecular weight is 622 g/mol. The van der Waals surface area contributed by atoms with Crippen LogP contribution in [-0.2, 0) is 0 Å². The maximum Gasteiger partial charge on any atom is 0.165 e. The van der Waals surface area contributed by atoms with Gasteiger partial charge in [-0.2, -0.15) is 0 Å². The lowest BCUT2D eigenvalue weighted by Gasteiger charge is -2.30. The number of aliphatic imine (C=N–C) groups is 1. The highest BCUT2D eigenvalue weighted by molar-refractivity contribution is 7.26. The van der Waals surface area contributed by atoms with Crippen LogP contribution in [0.15, 0.2) is 157 Å². The van der Waals surface area contributed by atoms with Gasteiger partial charge in [-0.3, -0.25) is 9.56 Å². The predicted molar refractivity (Wildman–Crippen MR) is 196 cm³/mol. The van der Waals surface area contributed by atoms with E-state index in [0.717, 1.165) is 56.1 Å². The second-order valence-electron chi connectivity index (χ2n) is 12.0. The van der Waals surface area contributed by atoms with Crippen LogP contribution in [-0.4, -0.2) is 26.3 Å². The Hall–Kier alpha value is -5.85. The molecule has 0 saturated carbocycles. The van der Waals surface area contributed by atoms with Gasteiger partial charge in [-0.15, -0.1) is 11.3 Å². The van der Waals surface area contributed by atoms with Gasteiger partial charge in [-0.1, -0.05) is 91.0 Å². The first-order chi connectivity index (χ1) is 23.3. The molecule has 1 aliphatic heterocycles. The summed E-state index contributed by atoms with van der Waals surface area (Å²) in [6.07, 6.45) is 8.25. The van der Waals surface area contributed by atoms with E-state index in [4.69, 9.17) is 15.0 Å². The van der Waals surface area contributed by atoms with Crippen LogP contribution in [0.5, 0.6) is 0 Å². The Morgan fingerprint density at radius 2 is 1.47 bits per heavy atom. The molecule has 2 aliphatic rings. The maximum atomic E-state index is 5.42. The molecule has 4 aromatic carbocycles. The molecule has 8 aromatic rings. The van der Waals surface area contributed by atoms with E-state index < -0.39 is 0 Å². The summed E-state index contributed by atoms with van der Waals surface area (Å²) >= 11 is 1.83. The fourth-order valence-corrected chi connectivity index (χ4v) is 8.34. The first-order valence-electron chi connectivity index (χ1n) is 15.9. The molecule has 222 valence electrons. The minimum Gasteiger partial charge on any atom is -0.332 e. The summed E-state index contributed by atoms with van der Waals surface area (Å²) in [7, 11) is 0. The van der Waals surface area contributed by atoms with Gasteiger partial charge in [0.15, 0.2) is 6.17 Å². The second-order valence-corrected chi connectivity index (χ2v) is 13.1. The van der Waals surface area contributed by atoms with Gasteiger partial charge in [0, 0.05) is 36.8 Å². The molecule has 0 bridgehead atoms. The molecule has 1 aliphatic carbocycles. The van der Waals surface area contributed by atoms with Gasteiger partial charge in [0.25, 0.3) is 0 Å². The molecule has 47 heavy (non-hydrogen) atoms. The van der Waals surface area contributed by atoms with Crippen molar-refractivity contribution < 1.29 is 0 Å². The minimum atomic E-state index is -0.261. The highest BCUT2D eigenvalue weighted by Crippen LogP contribution is 2.43. The molecule has 6 heteroatoms. The van der Waals surface area contributed by atoms with Crippen LogP contribution >= 0.6 is 11.3 Å². The van der Waals surface area contributed by atoms with Gasteiger partial charge in [-0.05, 0) is 60.7 Å². The smallest absolute Gasteiger partial charge is 0.165 e. The molecular weight excluding hydrogens is 595 g/mol. The molecule has 10 rings (SSSR count). The molecule has 0 N–H and O–H groups in total. The standard InChI is InChI=1S/C41H27N5S/c1-3-12-26(13-4-1)30-23-24-34-39(43-30)29-22-25-36-38(28-16-7-10-20-35(28)47-36)40(29)46(34)37-21-11-18-32(42-37)41-44-31-17-8-9-19-33(31)45(41)27-14-5-2-6-15-27/h1-25,33,41H. The van der Waals surface area contributed by atoms with E-state index in [9.17, 15) is 0 Å². The third-order valence-corrected chi connectivity index (χ3v) is 10.4. The lowest BCUT2D eigenvalue weighted by Crippen LogP contribution is -2.36. The molecule has 2 unspecified atom stereocenters. The van der Waals surface area contributed by atoms with Crippen LogP contribution in [0.25, 0.3) is 59.2 Å². The number of hydrogen-bond acceptors (Lipinski definition) is 5. The number of hydrogen-bond donors (Lipinski definition) is 0. The van der Waals surface area contributed by atoms with Crippen LogP contribution in [0.2, 0.25) is 0 Å². The van der Waals surface area contributed by atoms with Gasteiger partial charge < -0.3 is 4.90 Å². The van der Waals surface area contributed by atoms with Crippen molar-refractivity contribution in [3.05, 3.63) is 157 Å². The fourth-order valence-electron chi connectivity index (χ4n) is 7.23. The van der Waals surface area contributed by atoms with E-state index in [1.807, 2.05) is 17.4 Å². The van der Waals surface area contributed by atoms with Crippen molar-refractivity contribution in [2.75, 3.05) is 4.90 Å². The molecule has 5 nitrogen and oxygen atoms in total. The van der Waals surface area contributed by atoms with E-state index in [0.29, 0.717) is 0 Å². The zero-order chi connectivity index (χ0) is 30.9. The first kappa shape index (κ1) is 26.4. The van der Waals surface area contributed by atoms with Gasteiger partial charge >= 0.3 is 0 Å². The third kappa shape index (κ3) is 4.05. The van der Waals surface area contributed by atoms with Gasteiger partial charge in [0.1, 0.15) is 5.82 Å². The van der Waals surface area contributed by atoms with Crippen LogP contribution < -0.4 is 4.90 Å². The Kier molecular flexibility index (Phi) is 5.80. The lowest BCUT2D eigenvalue weighted by atomic mass is 10.1. The van der Waals surface area contributed by atoms with Crippen molar-refractivity contribution in [2.24, 2.45) is 4.99 Å². The number of anilines is 1. The van der Waals surface area contributed by atoms with Crippen molar-refractivity contribution in [3.8, 4) is 17.1 Å². The molecule has 0 radical (unpaired) electrons. The van der Waals surface area contributed by atoms with Crippen molar-refractivity contribution >= 4 is 64.8 Å². The van der Waals surface area contributed by atoms with Gasteiger partial charge in [0.05, 0.1) is 39.7 Å². The van der Waals surface area contributed by atoms with E-state index in [2.05, 4.69) is 155 Å². The van der Waals surface area contributed by atoms with Crippen LogP contribution in [0.1, 0.15) is 11.9 Å². The van der Waals surface area contributed by atoms with Gasteiger partial charge in [0.2, 0.25) is 0 Å². The Labute approximate surface area is 275 Å². The molecule has 2 atom stereocenters. The van der Waals surface area contributed by atoms with E-state index in [-0.39, 0.29) is 12.2 Å². The molecule has 0 fully saturated rings. The summed E-state index contributed by atoms with van der Waals surface area (Å²) < 4.78 is 4.84. The van der Waals surface area contributed by atoms with E-state index >= 15 is 0 Å². The normalized spacial score (nSPS) is 17.3. The summed E-state index contributed by atoms with van der Waals surface area (Å²) in [5.74, 6) is 0.855.